The van der Waals surface area contributed by atoms with Gasteiger partial charge in [-0.1, -0.05) is 196 Å². The van der Waals surface area contributed by atoms with Crippen LogP contribution < -0.4 is 0 Å². The number of unbranched alkanes of at least 4 members (excludes halogenated alkanes) is 24. The summed E-state index contributed by atoms with van der Waals surface area (Å²) in [5.74, 6) is -1.50. The van der Waals surface area contributed by atoms with E-state index in [1.54, 1.807) is 0 Å². The van der Waals surface area contributed by atoms with Crippen LogP contribution in [0, 0.1) is 0 Å². The highest BCUT2D eigenvalue weighted by atomic mass is 31.2. The molecule has 72 heavy (non-hydrogen) atoms. The molecule has 11 nitrogen and oxygen atoms in total. The number of esters is 3. The highest BCUT2D eigenvalue weighted by Gasteiger charge is 2.28. The lowest BCUT2D eigenvalue weighted by molar-refractivity contribution is -0.161. The Balaban J connectivity index is 4.77. The standard InChI is InChI=1S/C60H105O11P/c1-4-7-10-13-16-19-22-25-27-28-30-33-36-39-42-45-48-51-60(64)71-57(53-67-58(62)49-46-43-40-37-34-32-29-26-23-20-17-14-11-8-5-2)55-69-72(65,66)68-54-56(52-61)70-59(63)50-47-44-41-38-35-31-24-21-18-15-12-9-6-3/h7,10,16-17,19-21,24-27,29,56-57,61H,4-6,8-9,11-15,18,22-23,28,30-55H2,1-3H3,(H,65,66)/b10-7-,19-16-,20-17-,24-21-,27-25-,29-26-. The topological polar surface area (TPSA) is 155 Å². The van der Waals surface area contributed by atoms with Crippen LogP contribution in [0.4, 0.5) is 0 Å². The van der Waals surface area contributed by atoms with Crippen molar-refractivity contribution in [3.8, 4) is 0 Å². The van der Waals surface area contributed by atoms with Crippen molar-refractivity contribution in [3.63, 3.8) is 0 Å². The van der Waals surface area contributed by atoms with Gasteiger partial charge >= 0.3 is 25.7 Å². The van der Waals surface area contributed by atoms with E-state index < -0.39 is 57.8 Å². The lowest BCUT2D eigenvalue weighted by Gasteiger charge is -2.21. The number of ether oxygens (including phenoxy) is 3. The summed E-state index contributed by atoms with van der Waals surface area (Å²) in [7, 11) is -4.76. The van der Waals surface area contributed by atoms with E-state index in [-0.39, 0.29) is 25.9 Å². The van der Waals surface area contributed by atoms with E-state index in [1.165, 1.54) is 51.4 Å². The Morgan fingerprint density at radius 1 is 0.403 bits per heavy atom. The number of allylic oxidation sites excluding steroid dienone is 12. The number of rotatable bonds is 53. The van der Waals surface area contributed by atoms with Crippen molar-refractivity contribution in [1.29, 1.82) is 0 Å². The Labute approximate surface area is 439 Å². The molecule has 0 aromatic carbocycles. The second kappa shape index (κ2) is 54.2. The first-order chi connectivity index (χ1) is 35.2. The third-order valence-electron chi connectivity index (χ3n) is 12.1. The summed E-state index contributed by atoms with van der Waals surface area (Å²) < 4.78 is 39.5. The molecule has 0 saturated carbocycles. The van der Waals surface area contributed by atoms with Crippen LogP contribution in [0.25, 0.3) is 0 Å². The molecule has 0 fully saturated rings. The molecule has 0 heterocycles. The van der Waals surface area contributed by atoms with E-state index in [0.717, 1.165) is 141 Å². The van der Waals surface area contributed by atoms with Crippen LogP contribution >= 0.6 is 7.82 Å². The van der Waals surface area contributed by atoms with E-state index >= 15 is 0 Å². The van der Waals surface area contributed by atoms with E-state index in [9.17, 15) is 28.9 Å². The number of hydrogen-bond donors (Lipinski definition) is 2. The zero-order valence-electron chi connectivity index (χ0n) is 45.9. The smallest absolute Gasteiger partial charge is 0.462 e. The third kappa shape index (κ3) is 51.8. The minimum Gasteiger partial charge on any atom is -0.462 e. The van der Waals surface area contributed by atoms with Crippen molar-refractivity contribution in [1.82, 2.24) is 0 Å². The van der Waals surface area contributed by atoms with E-state index in [0.29, 0.717) is 19.3 Å². The van der Waals surface area contributed by atoms with Gasteiger partial charge in [0.1, 0.15) is 12.7 Å². The minimum absolute atomic E-state index is 0.151. The van der Waals surface area contributed by atoms with Crippen molar-refractivity contribution < 1.29 is 52.2 Å². The largest absolute Gasteiger partial charge is 0.472 e. The molecular formula is C60H105O11P. The van der Waals surface area contributed by atoms with Crippen LogP contribution in [0.1, 0.15) is 252 Å². The van der Waals surface area contributed by atoms with E-state index in [1.807, 2.05) is 0 Å². The summed E-state index contributed by atoms with van der Waals surface area (Å²) in [6.07, 6.45) is 60.0. The number of phosphoric ester groups is 1. The van der Waals surface area contributed by atoms with Gasteiger partial charge in [0.2, 0.25) is 0 Å². The molecule has 0 saturated heterocycles. The Bertz CT molecular complexity index is 1490. The summed E-state index contributed by atoms with van der Waals surface area (Å²) in [5, 5.41) is 9.80. The molecule has 3 atom stereocenters. The first-order valence-electron chi connectivity index (χ1n) is 28.8. The van der Waals surface area contributed by atoms with Crippen molar-refractivity contribution in [2.24, 2.45) is 0 Å². The molecule has 0 aromatic heterocycles. The van der Waals surface area contributed by atoms with Crippen LogP contribution in [0.2, 0.25) is 0 Å². The van der Waals surface area contributed by atoms with Crippen molar-refractivity contribution in [3.05, 3.63) is 72.9 Å². The predicted octanol–water partition coefficient (Wildman–Crippen LogP) is 16.9. The summed E-state index contributed by atoms with van der Waals surface area (Å²) >= 11 is 0. The van der Waals surface area contributed by atoms with Gasteiger partial charge in [0.15, 0.2) is 6.10 Å². The average Bonchev–Trinajstić information content (AvgIpc) is 3.37. The van der Waals surface area contributed by atoms with Crippen LogP contribution in [-0.4, -0.2) is 66.5 Å². The maximum absolute atomic E-state index is 12.9. The maximum atomic E-state index is 12.9. The second-order valence-corrected chi connectivity index (χ2v) is 20.5. The lowest BCUT2D eigenvalue weighted by atomic mass is 10.1. The summed E-state index contributed by atoms with van der Waals surface area (Å²) in [5.41, 5.74) is 0. The van der Waals surface area contributed by atoms with Crippen LogP contribution in [-0.2, 0) is 42.2 Å². The molecule has 2 N–H and O–H groups in total. The van der Waals surface area contributed by atoms with Crippen LogP contribution in [0.3, 0.4) is 0 Å². The third-order valence-corrected chi connectivity index (χ3v) is 13.0. The van der Waals surface area contributed by atoms with Crippen LogP contribution in [0.5, 0.6) is 0 Å². The molecule has 416 valence electrons. The molecule has 0 spiro atoms. The fourth-order valence-corrected chi connectivity index (χ4v) is 8.47. The second-order valence-electron chi connectivity index (χ2n) is 19.1. The van der Waals surface area contributed by atoms with Gasteiger partial charge in [0.25, 0.3) is 0 Å². The summed E-state index contributed by atoms with van der Waals surface area (Å²) in [6, 6.07) is 0. The summed E-state index contributed by atoms with van der Waals surface area (Å²) in [4.78, 5) is 48.5. The van der Waals surface area contributed by atoms with Gasteiger partial charge in [0, 0.05) is 19.3 Å². The number of hydrogen-bond acceptors (Lipinski definition) is 10. The van der Waals surface area contributed by atoms with Gasteiger partial charge in [0.05, 0.1) is 19.8 Å². The quantitative estimate of drug-likeness (QED) is 0.0197. The van der Waals surface area contributed by atoms with Crippen LogP contribution in [0.15, 0.2) is 72.9 Å². The first-order valence-corrected chi connectivity index (χ1v) is 30.3. The molecule has 0 aliphatic rings. The molecule has 0 aromatic rings. The van der Waals surface area contributed by atoms with Gasteiger partial charge in [-0.25, -0.2) is 4.57 Å². The Morgan fingerprint density at radius 3 is 1.15 bits per heavy atom. The fourth-order valence-electron chi connectivity index (χ4n) is 7.69. The monoisotopic (exact) mass is 1030 g/mol. The van der Waals surface area contributed by atoms with Gasteiger partial charge in [-0.15, -0.1) is 0 Å². The first kappa shape index (κ1) is 68.9. The number of aliphatic hydroxyl groups is 1. The molecule has 0 amide bonds. The number of aliphatic hydroxyl groups excluding tert-OH is 1. The molecule has 0 aliphatic carbocycles. The van der Waals surface area contributed by atoms with Crippen molar-refractivity contribution in [2.75, 3.05) is 26.4 Å². The Hall–Kier alpha value is -3.08. The highest BCUT2D eigenvalue weighted by Crippen LogP contribution is 2.43. The number of phosphoric acid groups is 1. The normalized spacial score (nSPS) is 13.9. The molecular weight excluding hydrogens is 928 g/mol. The minimum atomic E-state index is -4.76. The van der Waals surface area contributed by atoms with E-state index in [4.69, 9.17) is 23.3 Å². The number of carbonyl (C=O) groups is 3. The van der Waals surface area contributed by atoms with Crippen molar-refractivity contribution >= 4 is 25.7 Å². The zero-order chi connectivity index (χ0) is 52.7. The maximum Gasteiger partial charge on any atom is 0.472 e. The molecule has 0 aliphatic heterocycles. The van der Waals surface area contributed by atoms with Gasteiger partial charge < -0.3 is 24.2 Å². The van der Waals surface area contributed by atoms with Crippen molar-refractivity contribution in [2.45, 2.75) is 264 Å². The SMILES string of the molecule is CC/C=C\C/C=C\C/C=C\CCCCCCCCCC(=O)OC(COC(=O)CCCCCCC/C=C\C/C=C\CCCCC)COP(=O)(O)OCC(CO)OC(=O)CCCCCCC/C=C\CCCCCC. The molecule has 0 bridgehead atoms. The Kier molecular flexibility index (Phi) is 51.9. The average molecular weight is 1030 g/mol. The number of carbonyl (C=O) groups excluding carboxylic acids is 3. The predicted molar refractivity (Wildman–Crippen MR) is 298 cm³/mol. The Morgan fingerprint density at radius 2 is 0.722 bits per heavy atom. The molecule has 3 unspecified atom stereocenters. The molecule has 0 rings (SSSR count). The van der Waals surface area contributed by atoms with Gasteiger partial charge in [-0.05, 0) is 109 Å². The zero-order valence-corrected chi connectivity index (χ0v) is 46.8. The van der Waals surface area contributed by atoms with Gasteiger partial charge in [-0.3, -0.25) is 23.4 Å². The summed E-state index contributed by atoms with van der Waals surface area (Å²) in [6.45, 7) is 4.46. The molecule has 12 heteroatoms. The van der Waals surface area contributed by atoms with E-state index in [2.05, 4.69) is 93.7 Å². The van der Waals surface area contributed by atoms with Gasteiger partial charge in [-0.2, -0.15) is 0 Å². The molecule has 0 radical (unpaired) electrons. The highest BCUT2D eigenvalue weighted by molar-refractivity contribution is 7.47. The fraction of sp³-hybridized carbons (Fsp3) is 0.750. The lowest BCUT2D eigenvalue weighted by Crippen LogP contribution is -2.30.